The number of rotatable bonds is 5. The van der Waals surface area contributed by atoms with E-state index in [9.17, 15) is 8.78 Å². The SMILES string of the molecule is Cn1cc(CNc2ccccc2SC(F)F)cc1C#N. The van der Waals surface area contributed by atoms with Crippen molar-refractivity contribution in [2.75, 3.05) is 5.32 Å². The number of nitriles is 1. The number of hydrogen-bond donors (Lipinski definition) is 1. The number of alkyl halides is 2. The molecule has 1 aromatic carbocycles. The second kappa shape index (κ2) is 6.44. The van der Waals surface area contributed by atoms with Crippen molar-refractivity contribution in [1.82, 2.24) is 4.57 Å². The molecule has 0 bridgehead atoms. The Labute approximate surface area is 120 Å². The third kappa shape index (κ3) is 3.52. The quantitative estimate of drug-likeness (QED) is 0.852. The van der Waals surface area contributed by atoms with E-state index in [0.29, 0.717) is 34.6 Å². The Bertz CT molecular complexity index is 632. The lowest BCUT2D eigenvalue weighted by Gasteiger charge is -2.10. The molecule has 0 fully saturated rings. The number of nitrogens with zero attached hydrogens (tertiary/aromatic N) is 2. The summed E-state index contributed by atoms with van der Waals surface area (Å²) in [5, 5.41) is 12.0. The van der Waals surface area contributed by atoms with E-state index in [4.69, 9.17) is 5.26 Å². The predicted octanol–water partition coefficient (Wildman–Crippen LogP) is 3.82. The topological polar surface area (TPSA) is 40.8 Å². The number of hydrogen-bond acceptors (Lipinski definition) is 3. The van der Waals surface area contributed by atoms with E-state index < -0.39 is 5.76 Å². The van der Waals surface area contributed by atoms with Gasteiger partial charge in [-0.3, -0.25) is 0 Å². The van der Waals surface area contributed by atoms with Crippen molar-refractivity contribution in [2.24, 2.45) is 7.05 Å². The summed E-state index contributed by atoms with van der Waals surface area (Å²) in [4.78, 5) is 0.513. The van der Waals surface area contributed by atoms with Gasteiger partial charge in [-0.2, -0.15) is 14.0 Å². The van der Waals surface area contributed by atoms with Crippen LogP contribution in [0.15, 0.2) is 41.4 Å². The molecule has 1 N–H and O–H groups in total. The smallest absolute Gasteiger partial charge is 0.288 e. The highest BCUT2D eigenvalue weighted by atomic mass is 32.2. The first-order valence-corrected chi connectivity index (χ1v) is 6.81. The van der Waals surface area contributed by atoms with E-state index in [1.165, 1.54) is 0 Å². The highest BCUT2D eigenvalue weighted by molar-refractivity contribution is 7.99. The zero-order chi connectivity index (χ0) is 14.5. The number of halogens is 2. The molecule has 0 saturated carbocycles. The van der Waals surface area contributed by atoms with Gasteiger partial charge in [0.15, 0.2) is 0 Å². The van der Waals surface area contributed by atoms with Gasteiger partial charge in [0.1, 0.15) is 11.8 Å². The Balaban J connectivity index is 2.08. The average molecular weight is 293 g/mol. The zero-order valence-electron chi connectivity index (χ0n) is 10.8. The van der Waals surface area contributed by atoms with E-state index >= 15 is 0 Å². The van der Waals surface area contributed by atoms with Gasteiger partial charge in [-0.05, 0) is 23.8 Å². The molecule has 0 radical (unpaired) electrons. The molecule has 3 nitrogen and oxygen atoms in total. The number of thioether (sulfide) groups is 1. The van der Waals surface area contributed by atoms with Gasteiger partial charge in [0.2, 0.25) is 0 Å². The Morgan fingerprint density at radius 2 is 2.15 bits per heavy atom. The number of aryl methyl sites for hydroxylation is 1. The van der Waals surface area contributed by atoms with Gasteiger partial charge < -0.3 is 9.88 Å². The minimum Gasteiger partial charge on any atom is -0.380 e. The Hall–Kier alpha value is -2.00. The normalized spacial score (nSPS) is 10.6. The van der Waals surface area contributed by atoms with E-state index in [-0.39, 0.29) is 0 Å². The minimum atomic E-state index is -2.44. The molecule has 2 aromatic rings. The maximum Gasteiger partial charge on any atom is 0.288 e. The summed E-state index contributed by atoms with van der Waals surface area (Å²) in [6, 6.07) is 10.8. The lowest BCUT2D eigenvalue weighted by molar-refractivity contribution is 0.252. The summed E-state index contributed by atoms with van der Waals surface area (Å²) in [7, 11) is 1.79. The van der Waals surface area contributed by atoms with Crippen LogP contribution in [0.5, 0.6) is 0 Å². The fraction of sp³-hybridized carbons (Fsp3) is 0.214. The van der Waals surface area contributed by atoms with Crippen molar-refractivity contribution in [3.63, 3.8) is 0 Å². The lowest BCUT2D eigenvalue weighted by atomic mass is 10.3. The van der Waals surface area contributed by atoms with Crippen molar-refractivity contribution in [3.05, 3.63) is 47.8 Å². The molecular formula is C14H13F2N3S. The molecule has 6 heteroatoms. The molecule has 0 amide bonds. The molecular weight excluding hydrogens is 280 g/mol. The first-order valence-electron chi connectivity index (χ1n) is 5.93. The second-order valence-corrected chi connectivity index (χ2v) is 5.22. The van der Waals surface area contributed by atoms with Gasteiger partial charge >= 0.3 is 0 Å². The first-order chi connectivity index (χ1) is 9.60. The van der Waals surface area contributed by atoms with Crippen molar-refractivity contribution in [2.45, 2.75) is 17.2 Å². The molecule has 0 unspecified atom stereocenters. The Morgan fingerprint density at radius 1 is 1.40 bits per heavy atom. The molecule has 1 aromatic heterocycles. The predicted molar refractivity (Wildman–Crippen MR) is 75.8 cm³/mol. The van der Waals surface area contributed by atoms with Crippen LogP contribution in [-0.4, -0.2) is 10.3 Å². The van der Waals surface area contributed by atoms with Gasteiger partial charge in [0, 0.05) is 30.4 Å². The molecule has 1 heterocycles. The number of benzene rings is 1. The number of para-hydroxylation sites is 1. The second-order valence-electron chi connectivity index (χ2n) is 4.18. The molecule has 0 spiro atoms. The molecule has 0 atom stereocenters. The Morgan fingerprint density at radius 3 is 2.80 bits per heavy atom. The molecule has 0 saturated heterocycles. The van der Waals surface area contributed by atoms with E-state index in [2.05, 4.69) is 11.4 Å². The lowest BCUT2D eigenvalue weighted by Crippen LogP contribution is -2.00. The van der Waals surface area contributed by atoms with E-state index in [1.807, 2.05) is 6.20 Å². The fourth-order valence-corrected chi connectivity index (χ4v) is 2.47. The first kappa shape index (κ1) is 14.4. The van der Waals surface area contributed by atoms with Gasteiger partial charge in [-0.1, -0.05) is 23.9 Å². The van der Waals surface area contributed by atoms with Crippen LogP contribution in [0.3, 0.4) is 0 Å². The fourth-order valence-electron chi connectivity index (χ4n) is 1.85. The number of anilines is 1. The van der Waals surface area contributed by atoms with Crippen molar-refractivity contribution in [1.29, 1.82) is 5.26 Å². The van der Waals surface area contributed by atoms with E-state index in [0.717, 1.165) is 5.56 Å². The molecule has 0 aliphatic rings. The zero-order valence-corrected chi connectivity index (χ0v) is 11.6. The van der Waals surface area contributed by atoms with Crippen molar-refractivity contribution in [3.8, 4) is 6.07 Å². The third-order valence-electron chi connectivity index (χ3n) is 2.76. The summed E-state index contributed by atoms with van der Waals surface area (Å²) >= 11 is 0.520. The Kier molecular flexibility index (Phi) is 4.64. The van der Waals surface area contributed by atoms with Gasteiger partial charge in [-0.15, -0.1) is 0 Å². The third-order valence-corrected chi connectivity index (χ3v) is 3.55. The van der Waals surface area contributed by atoms with Crippen molar-refractivity contribution >= 4 is 17.4 Å². The molecule has 0 aliphatic carbocycles. The van der Waals surface area contributed by atoms with Crippen LogP contribution in [0.2, 0.25) is 0 Å². The van der Waals surface area contributed by atoms with Crippen LogP contribution in [0.4, 0.5) is 14.5 Å². The number of aromatic nitrogens is 1. The van der Waals surface area contributed by atoms with Crippen LogP contribution >= 0.6 is 11.8 Å². The highest BCUT2D eigenvalue weighted by Crippen LogP contribution is 2.31. The van der Waals surface area contributed by atoms with Crippen molar-refractivity contribution < 1.29 is 8.78 Å². The summed E-state index contributed by atoms with van der Waals surface area (Å²) in [5.74, 6) is -2.44. The number of nitrogens with one attached hydrogen (secondary N) is 1. The monoisotopic (exact) mass is 293 g/mol. The molecule has 20 heavy (non-hydrogen) atoms. The summed E-state index contributed by atoms with van der Waals surface area (Å²) in [6.07, 6.45) is 1.84. The maximum atomic E-state index is 12.5. The molecule has 104 valence electrons. The van der Waals surface area contributed by atoms with Crippen LogP contribution in [-0.2, 0) is 13.6 Å². The minimum absolute atomic E-state index is 0.482. The van der Waals surface area contributed by atoms with E-state index in [1.54, 1.807) is 41.9 Å². The molecule has 0 aliphatic heterocycles. The van der Waals surface area contributed by atoms with Crippen LogP contribution < -0.4 is 5.32 Å². The molecule has 2 rings (SSSR count). The summed E-state index contributed by atoms with van der Waals surface area (Å²) in [6.45, 7) is 0.482. The van der Waals surface area contributed by atoms with Crippen LogP contribution in [0, 0.1) is 11.3 Å². The summed E-state index contributed by atoms with van der Waals surface area (Å²) < 4.78 is 26.7. The summed E-state index contributed by atoms with van der Waals surface area (Å²) in [5.41, 5.74) is 2.16. The van der Waals surface area contributed by atoms with Crippen LogP contribution in [0.1, 0.15) is 11.3 Å². The largest absolute Gasteiger partial charge is 0.380 e. The average Bonchev–Trinajstić information content (AvgIpc) is 2.77. The standard InChI is InChI=1S/C14H13F2N3S/c1-19-9-10(6-11(19)7-17)8-18-12-4-2-3-5-13(12)20-14(15)16/h2-6,9,14,18H,8H2,1H3. The maximum absolute atomic E-state index is 12.5. The van der Waals surface area contributed by atoms with Crippen LogP contribution in [0.25, 0.3) is 0 Å². The van der Waals surface area contributed by atoms with Gasteiger partial charge in [0.25, 0.3) is 5.76 Å². The van der Waals surface area contributed by atoms with Gasteiger partial charge in [0.05, 0.1) is 0 Å². The van der Waals surface area contributed by atoms with Gasteiger partial charge in [-0.25, -0.2) is 0 Å². The highest BCUT2D eigenvalue weighted by Gasteiger charge is 2.09.